The molecule has 0 amide bonds. The molecule has 4 heteroatoms. The Morgan fingerprint density at radius 1 is 1.17 bits per heavy atom. The van der Waals surface area contributed by atoms with Crippen LogP contribution >= 0.6 is 0 Å². The lowest BCUT2D eigenvalue weighted by atomic mass is 10.0. The first-order chi connectivity index (χ1) is 11.8. The van der Waals surface area contributed by atoms with E-state index in [4.69, 9.17) is 9.72 Å². The van der Waals surface area contributed by atoms with Crippen LogP contribution in [0.1, 0.15) is 19.5 Å². The maximum absolute atomic E-state index is 5.53. The molecule has 2 aromatic rings. The van der Waals surface area contributed by atoms with Gasteiger partial charge in [0.05, 0.1) is 18.7 Å². The topological polar surface area (TPSA) is 28.6 Å². The van der Waals surface area contributed by atoms with Crippen molar-refractivity contribution in [3.8, 4) is 0 Å². The van der Waals surface area contributed by atoms with Crippen LogP contribution in [0.2, 0.25) is 0 Å². The van der Waals surface area contributed by atoms with Crippen LogP contribution in [0.15, 0.2) is 30.3 Å². The molecule has 0 aliphatic carbocycles. The molecular weight excluding hydrogens is 298 g/mol. The Balaban J connectivity index is 1.65. The van der Waals surface area contributed by atoms with Gasteiger partial charge in [-0.3, -0.25) is 9.88 Å². The van der Waals surface area contributed by atoms with Gasteiger partial charge in [-0.1, -0.05) is 32.0 Å². The molecular formula is C20H27N3O. The lowest BCUT2D eigenvalue weighted by Crippen LogP contribution is -2.46. The summed E-state index contributed by atoms with van der Waals surface area (Å²) in [5.41, 5.74) is 3.67. The molecule has 0 bridgehead atoms. The van der Waals surface area contributed by atoms with E-state index in [0.717, 1.165) is 51.3 Å². The normalized spacial score (nSPS) is 25.5. The van der Waals surface area contributed by atoms with Gasteiger partial charge in [0.1, 0.15) is 0 Å². The first-order valence-electron chi connectivity index (χ1n) is 9.21. The Morgan fingerprint density at radius 3 is 2.75 bits per heavy atom. The van der Waals surface area contributed by atoms with Crippen molar-refractivity contribution in [2.75, 3.05) is 44.3 Å². The molecule has 4 rings (SSSR count). The number of aromatic nitrogens is 1. The minimum atomic E-state index is 0.630. The van der Waals surface area contributed by atoms with Gasteiger partial charge in [-0.15, -0.1) is 0 Å². The van der Waals surface area contributed by atoms with Gasteiger partial charge in [-0.2, -0.15) is 0 Å². The van der Waals surface area contributed by atoms with E-state index < -0.39 is 0 Å². The zero-order chi connectivity index (χ0) is 16.5. The monoisotopic (exact) mass is 325 g/mol. The molecule has 0 saturated carbocycles. The molecule has 0 radical (unpaired) electrons. The van der Waals surface area contributed by atoms with Crippen LogP contribution in [0, 0.1) is 5.92 Å². The number of benzene rings is 1. The number of aryl methyl sites for hydroxylation is 1. The van der Waals surface area contributed by atoms with E-state index >= 15 is 0 Å². The van der Waals surface area contributed by atoms with E-state index in [0.29, 0.717) is 12.0 Å². The molecule has 2 atom stereocenters. The molecule has 2 saturated heterocycles. The van der Waals surface area contributed by atoms with Crippen molar-refractivity contribution in [1.82, 2.24) is 9.88 Å². The van der Waals surface area contributed by atoms with Crippen LogP contribution in [-0.2, 0) is 11.2 Å². The van der Waals surface area contributed by atoms with E-state index in [2.05, 4.69) is 54.0 Å². The second kappa shape index (κ2) is 6.69. The highest BCUT2D eigenvalue weighted by molar-refractivity contribution is 5.92. The molecule has 1 aromatic heterocycles. The van der Waals surface area contributed by atoms with Crippen molar-refractivity contribution in [2.24, 2.45) is 5.92 Å². The summed E-state index contributed by atoms with van der Waals surface area (Å²) in [4.78, 5) is 10.0. The number of hydrogen-bond acceptors (Lipinski definition) is 4. The zero-order valence-corrected chi connectivity index (χ0v) is 14.7. The fourth-order valence-electron chi connectivity index (χ4n) is 4.18. The first kappa shape index (κ1) is 15.9. The largest absolute Gasteiger partial charge is 0.379 e. The van der Waals surface area contributed by atoms with Crippen LogP contribution in [0.5, 0.6) is 0 Å². The summed E-state index contributed by atoms with van der Waals surface area (Å²) >= 11 is 0. The smallest absolute Gasteiger partial charge is 0.0726 e. The van der Waals surface area contributed by atoms with Gasteiger partial charge < -0.3 is 9.64 Å². The van der Waals surface area contributed by atoms with Crippen molar-refractivity contribution >= 4 is 16.6 Å². The van der Waals surface area contributed by atoms with Crippen LogP contribution < -0.4 is 4.90 Å². The van der Waals surface area contributed by atoms with Crippen molar-refractivity contribution in [1.29, 1.82) is 0 Å². The SMILES string of the molecule is CCc1cc(N2CC(C)C(N3CCOCC3)C2)c2ccccc2n1. The maximum Gasteiger partial charge on any atom is 0.0726 e. The molecule has 2 aliphatic rings. The molecule has 2 unspecified atom stereocenters. The van der Waals surface area contributed by atoms with Gasteiger partial charge in [0.15, 0.2) is 0 Å². The second-order valence-electron chi connectivity index (χ2n) is 7.10. The van der Waals surface area contributed by atoms with Gasteiger partial charge in [-0.05, 0) is 24.5 Å². The van der Waals surface area contributed by atoms with E-state index in [1.165, 1.54) is 16.8 Å². The predicted octanol–water partition coefficient (Wildman–Crippen LogP) is 2.95. The number of nitrogens with zero attached hydrogens (tertiary/aromatic N) is 3. The number of pyridine rings is 1. The summed E-state index contributed by atoms with van der Waals surface area (Å²) in [5, 5.41) is 1.28. The van der Waals surface area contributed by atoms with Crippen LogP contribution in [-0.4, -0.2) is 55.3 Å². The van der Waals surface area contributed by atoms with E-state index in [1.54, 1.807) is 0 Å². The van der Waals surface area contributed by atoms with E-state index in [9.17, 15) is 0 Å². The molecule has 24 heavy (non-hydrogen) atoms. The van der Waals surface area contributed by atoms with Crippen molar-refractivity contribution in [3.63, 3.8) is 0 Å². The number of fused-ring (bicyclic) bond motifs is 1. The van der Waals surface area contributed by atoms with Crippen molar-refractivity contribution in [3.05, 3.63) is 36.0 Å². The number of para-hydroxylation sites is 1. The minimum absolute atomic E-state index is 0.630. The number of hydrogen-bond donors (Lipinski definition) is 0. The quantitative estimate of drug-likeness (QED) is 0.867. The fraction of sp³-hybridized carbons (Fsp3) is 0.550. The molecule has 3 heterocycles. The second-order valence-corrected chi connectivity index (χ2v) is 7.10. The Kier molecular flexibility index (Phi) is 4.42. The molecule has 2 aliphatic heterocycles. The van der Waals surface area contributed by atoms with E-state index in [-0.39, 0.29) is 0 Å². The summed E-state index contributed by atoms with van der Waals surface area (Å²) in [6.45, 7) is 10.7. The average Bonchev–Trinajstić information content (AvgIpc) is 3.03. The van der Waals surface area contributed by atoms with Crippen molar-refractivity contribution in [2.45, 2.75) is 26.3 Å². The van der Waals surface area contributed by atoms with Gasteiger partial charge in [0.2, 0.25) is 0 Å². The number of morpholine rings is 1. The third kappa shape index (κ3) is 2.89. The molecule has 1 aromatic carbocycles. The van der Waals surface area contributed by atoms with Gasteiger partial charge in [0.25, 0.3) is 0 Å². The number of anilines is 1. The van der Waals surface area contributed by atoms with Crippen LogP contribution in [0.3, 0.4) is 0 Å². The first-order valence-corrected chi connectivity index (χ1v) is 9.21. The third-order valence-corrected chi connectivity index (χ3v) is 5.54. The fourth-order valence-corrected chi connectivity index (χ4v) is 4.18. The molecule has 4 nitrogen and oxygen atoms in total. The third-order valence-electron chi connectivity index (χ3n) is 5.54. The highest BCUT2D eigenvalue weighted by atomic mass is 16.5. The predicted molar refractivity (Wildman–Crippen MR) is 98.7 cm³/mol. The number of rotatable bonds is 3. The standard InChI is InChI=1S/C20H27N3O/c1-3-16-12-19(17-6-4-5-7-18(17)21-16)23-13-15(2)20(14-23)22-8-10-24-11-9-22/h4-7,12,15,20H,3,8-11,13-14H2,1-2H3. The van der Waals surface area contributed by atoms with E-state index in [1.807, 2.05) is 0 Å². The Morgan fingerprint density at radius 2 is 1.96 bits per heavy atom. The highest BCUT2D eigenvalue weighted by Gasteiger charge is 2.35. The Labute approximate surface area is 144 Å². The minimum Gasteiger partial charge on any atom is -0.379 e. The summed E-state index contributed by atoms with van der Waals surface area (Å²) in [5.74, 6) is 0.681. The summed E-state index contributed by atoms with van der Waals surface area (Å²) in [6, 6.07) is 11.5. The van der Waals surface area contributed by atoms with Crippen LogP contribution in [0.25, 0.3) is 10.9 Å². The molecule has 0 N–H and O–H groups in total. The highest BCUT2D eigenvalue weighted by Crippen LogP contribution is 2.33. The Hall–Kier alpha value is -1.65. The molecule has 0 spiro atoms. The van der Waals surface area contributed by atoms with Crippen molar-refractivity contribution < 1.29 is 4.74 Å². The lowest BCUT2D eigenvalue weighted by Gasteiger charge is -2.34. The summed E-state index contributed by atoms with van der Waals surface area (Å²) in [7, 11) is 0. The Bertz CT molecular complexity index is 711. The lowest BCUT2D eigenvalue weighted by molar-refractivity contribution is 0.0134. The van der Waals surface area contributed by atoms with Gasteiger partial charge >= 0.3 is 0 Å². The average molecular weight is 325 g/mol. The molecule has 128 valence electrons. The zero-order valence-electron chi connectivity index (χ0n) is 14.7. The van der Waals surface area contributed by atoms with Gasteiger partial charge in [0, 0.05) is 49.0 Å². The number of ether oxygens (including phenoxy) is 1. The summed E-state index contributed by atoms with van der Waals surface area (Å²) < 4.78 is 5.53. The van der Waals surface area contributed by atoms with Crippen LogP contribution in [0.4, 0.5) is 5.69 Å². The molecule has 2 fully saturated rings. The maximum atomic E-state index is 5.53. The summed E-state index contributed by atoms with van der Waals surface area (Å²) in [6.07, 6.45) is 0.980. The van der Waals surface area contributed by atoms with Gasteiger partial charge in [-0.25, -0.2) is 0 Å².